The smallest absolute Gasteiger partial charge is 0.230 e. The van der Waals surface area contributed by atoms with Gasteiger partial charge in [0.15, 0.2) is 5.76 Å². The molecule has 4 heterocycles. The minimum atomic E-state index is -0.0791. The molecule has 2 aromatic carbocycles. The third kappa shape index (κ3) is 3.21. The van der Waals surface area contributed by atoms with Gasteiger partial charge in [0.2, 0.25) is 16.7 Å². The summed E-state index contributed by atoms with van der Waals surface area (Å²) in [7, 11) is 0. The average molecular weight is 443 g/mol. The third-order valence-corrected chi connectivity index (χ3v) is 7.18. The number of fused-ring (bicyclic) bond motifs is 2. The van der Waals surface area contributed by atoms with Crippen molar-refractivity contribution in [2.45, 2.75) is 25.9 Å². The standard InChI is InChI=1S/C25H22N4O2S/c1-16-8-10-18(11-9-16)21(28-13-12-17-5-2-3-6-19(17)15-28)22-24(30)29-25(32-22)26-23(27-29)20-7-4-14-31-20/h2-11,14,21,30H,12-13,15H2,1H3/t21-/m1/s1. The molecule has 0 bridgehead atoms. The van der Waals surface area contributed by atoms with Gasteiger partial charge in [-0.1, -0.05) is 65.4 Å². The van der Waals surface area contributed by atoms with Crippen LogP contribution in [0.25, 0.3) is 16.5 Å². The first-order valence-corrected chi connectivity index (χ1v) is 11.5. The maximum absolute atomic E-state index is 11.2. The fourth-order valence-corrected chi connectivity index (χ4v) is 5.57. The molecule has 32 heavy (non-hydrogen) atoms. The Balaban J connectivity index is 1.44. The van der Waals surface area contributed by atoms with Crippen molar-refractivity contribution in [1.29, 1.82) is 0 Å². The van der Waals surface area contributed by atoms with Crippen molar-refractivity contribution >= 4 is 16.3 Å². The van der Waals surface area contributed by atoms with Gasteiger partial charge in [0.05, 0.1) is 17.2 Å². The zero-order valence-electron chi connectivity index (χ0n) is 17.6. The monoisotopic (exact) mass is 442 g/mol. The molecule has 3 aromatic heterocycles. The highest BCUT2D eigenvalue weighted by Gasteiger charge is 2.31. The Morgan fingerprint density at radius 2 is 1.84 bits per heavy atom. The number of furan rings is 1. The number of hydrogen-bond donors (Lipinski definition) is 1. The second kappa shape index (κ2) is 7.62. The predicted octanol–water partition coefficient (Wildman–Crippen LogP) is 5.21. The molecule has 0 spiro atoms. The van der Waals surface area contributed by atoms with Crippen LogP contribution >= 0.6 is 11.3 Å². The zero-order valence-corrected chi connectivity index (χ0v) is 18.4. The van der Waals surface area contributed by atoms with Crippen LogP contribution in [0.15, 0.2) is 71.3 Å². The number of nitrogens with zero attached hydrogens (tertiary/aromatic N) is 4. The topological polar surface area (TPSA) is 66.8 Å². The summed E-state index contributed by atoms with van der Waals surface area (Å²) in [5, 5.41) is 15.7. The van der Waals surface area contributed by atoms with Crippen LogP contribution in [0.2, 0.25) is 0 Å². The second-order valence-electron chi connectivity index (χ2n) is 8.20. The van der Waals surface area contributed by atoms with Crippen molar-refractivity contribution in [2.24, 2.45) is 0 Å². The summed E-state index contributed by atoms with van der Waals surface area (Å²) in [6.07, 6.45) is 2.58. The van der Waals surface area contributed by atoms with Gasteiger partial charge in [-0.25, -0.2) is 0 Å². The van der Waals surface area contributed by atoms with E-state index in [1.807, 2.05) is 6.07 Å². The quantitative estimate of drug-likeness (QED) is 0.414. The predicted molar refractivity (Wildman–Crippen MR) is 124 cm³/mol. The van der Waals surface area contributed by atoms with Crippen molar-refractivity contribution in [3.63, 3.8) is 0 Å². The Morgan fingerprint density at radius 1 is 1.03 bits per heavy atom. The molecule has 1 aliphatic rings. The van der Waals surface area contributed by atoms with Crippen molar-refractivity contribution in [3.8, 4) is 17.5 Å². The largest absolute Gasteiger partial charge is 0.492 e. The van der Waals surface area contributed by atoms with E-state index in [-0.39, 0.29) is 11.9 Å². The molecule has 0 unspecified atom stereocenters. The van der Waals surface area contributed by atoms with Gasteiger partial charge in [0.25, 0.3) is 0 Å². The highest BCUT2D eigenvalue weighted by molar-refractivity contribution is 7.17. The number of rotatable bonds is 4. The Labute approximate surface area is 189 Å². The third-order valence-electron chi connectivity index (χ3n) is 6.11. The number of aromatic hydroxyl groups is 1. The molecular formula is C25H22N4O2S. The molecule has 0 amide bonds. The van der Waals surface area contributed by atoms with Gasteiger partial charge in [0.1, 0.15) is 0 Å². The molecule has 6 nitrogen and oxygen atoms in total. The summed E-state index contributed by atoms with van der Waals surface area (Å²) < 4.78 is 6.95. The van der Waals surface area contributed by atoms with Gasteiger partial charge in [-0.05, 0) is 42.2 Å². The van der Waals surface area contributed by atoms with Gasteiger partial charge in [-0.2, -0.15) is 9.50 Å². The Kier molecular flexibility index (Phi) is 4.59. The molecule has 5 aromatic rings. The average Bonchev–Trinajstić information content (AvgIpc) is 3.54. The Bertz CT molecular complexity index is 1390. The van der Waals surface area contributed by atoms with E-state index in [9.17, 15) is 5.11 Å². The summed E-state index contributed by atoms with van der Waals surface area (Å²) in [4.78, 5) is 8.55. The number of thiazole rings is 1. The van der Waals surface area contributed by atoms with Gasteiger partial charge >= 0.3 is 0 Å². The molecule has 0 saturated carbocycles. The molecule has 1 aliphatic heterocycles. The first kappa shape index (κ1) is 19.3. The first-order chi connectivity index (χ1) is 15.7. The van der Waals surface area contributed by atoms with E-state index in [2.05, 4.69) is 70.4 Å². The van der Waals surface area contributed by atoms with E-state index in [0.29, 0.717) is 16.5 Å². The molecule has 0 aliphatic carbocycles. The highest BCUT2D eigenvalue weighted by Crippen LogP contribution is 2.42. The van der Waals surface area contributed by atoms with Crippen LogP contribution in [0.1, 0.15) is 33.2 Å². The first-order valence-electron chi connectivity index (χ1n) is 10.7. The van der Waals surface area contributed by atoms with E-state index in [1.54, 1.807) is 12.3 Å². The molecule has 0 radical (unpaired) electrons. The van der Waals surface area contributed by atoms with E-state index in [1.165, 1.54) is 32.5 Å². The molecule has 7 heteroatoms. The maximum atomic E-state index is 11.2. The van der Waals surface area contributed by atoms with Crippen LogP contribution in [0.4, 0.5) is 0 Å². The fraction of sp³-hybridized carbons (Fsp3) is 0.200. The lowest BCUT2D eigenvalue weighted by Crippen LogP contribution is -2.34. The van der Waals surface area contributed by atoms with E-state index < -0.39 is 0 Å². The van der Waals surface area contributed by atoms with Gasteiger partial charge in [0, 0.05) is 13.1 Å². The summed E-state index contributed by atoms with van der Waals surface area (Å²) in [5.41, 5.74) is 5.11. The van der Waals surface area contributed by atoms with E-state index >= 15 is 0 Å². The summed E-state index contributed by atoms with van der Waals surface area (Å²) in [6, 6.07) is 20.7. The lowest BCUT2D eigenvalue weighted by Gasteiger charge is -2.35. The van der Waals surface area contributed by atoms with Crippen LogP contribution in [0.5, 0.6) is 5.88 Å². The zero-order chi connectivity index (χ0) is 21.7. The lowest BCUT2D eigenvalue weighted by atomic mass is 9.95. The van der Waals surface area contributed by atoms with Crippen molar-refractivity contribution in [3.05, 3.63) is 94.1 Å². The number of aromatic nitrogens is 3. The number of hydrogen-bond acceptors (Lipinski definition) is 6. The highest BCUT2D eigenvalue weighted by atomic mass is 32.1. The van der Waals surface area contributed by atoms with Crippen LogP contribution in [0, 0.1) is 6.92 Å². The van der Waals surface area contributed by atoms with Crippen molar-refractivity contribution in [1.82, 2.24) is 19.5 Å². The van der Waals surface area contributed by atoms with Gasteiger partial charge in [-0.15, -0.1) is 5.10 Å². The second-order valence-corrected chi connectivity index (χ2v) is 9.21. The molecule has 0 fully saturated rings. The normalized spacial score (nSPS) is 15.2. The maximum Gasteiger partial charge on any atom is 0.230 e. The molecule has 1 atom stereocenters. The Morgan fingerprint density at radius 3 is 2.59 bits per heavy atom. The number of benzene rings is 2. The van der Waals surface area contributed by atoms with Crippen molar-refractivity contribution < 1.29 is 9.52 Å². The number of aryl methyl sites for hydroxylation is 1. The molecule has 0 saturated heterocycles. The Hall–Kier alpha value is -3.42. The van der Waals surface area contributed by atoms with Gasteiger partial charge in [-0.3, -0.25) is 4.90 Å². The molecule has 160 valence electrons. The van der Waals surface area contributed by atoms with E-state index in [4.69, 9.17) is 4.42 Å². The minimum absolute atomic E-state index is 0.0791. The summed E-state index contributed by atoms with van der Waals surface area (Å²) >= 11 is 1.48. The van der Waals surface area contributed by atoms with Crippen LogP contribution in [0.3, 0.4) is 0 Å². The molecule has 6 rings (SSSR count). The van der Waals surface area contributed by atoms with E-state index in [0.717, 1.165) is 30.0 Å². The SMILES string of the molecule is Cc1ccc([C@H](c2sc3nc(-c4ccco4)nn3c2O)N2CCc3ccccc3C2)cc1. The van der Waals surface area contributed by atoms with Crippen LogP contribution < -0.4 is 0 Å². The van der Waals surface area contributed by atoms with Crippen molar-refractivity contribution in [2.75, 3.05) is 6.54 Å². The van der Waals surface area contributed by atoms with Crippen LogP contribution in [-0.4, -0.2) is 31.1 Å². The molecule has 1 N–H and O–H groups in total. The lowest BCUT2D eigenvalue weighted by molar-refractivity contribution is 0.205. The summed E-state index contributed by atoms with van der Waals surface area (Å²) in [6.45, 7) is 3.84. The fourth-order valence-electron chi connectivity index (χ4n) is 4.45. The summed E-state index contributed by atoms with van der Waals surface area (Å²) in [5.74, 6) is 1.20. The molecular weight excluding hydrogens is 420 g/mol. The van der Waals surface area contributed by atoms with Gasteiger partial charge < -0.3 is 9.52 Å². The minimum Gasteiger partial charge on any atom is -0.492 e. The van der Waals surface area contributed by atoms with Crippen LogP contribution in [-0.2, 0) is 13.0 Å².